The Hall–Kier alpha value is -1.81. The molecule has 0 aliphatic carbocycles. The summed E-state index contributed by atoms with van der Waals surface area (Å²) in [7, 11) is 0. The van der Waals surface area contributed by atoms with E-state index >= 15 is 0 Å². The smallest absolute Gasteiger partial charge is 0.258 e. The Labute approximate surface area is 103 Å². The van der Waals surface area contributed by atoms with E-state index in [0.29, 0.717) is 0 Å². The van der Waals surface area contributed by atoms with Gasteiger partial charge in [-0.3, -0.25) is 10.1 Å². The van der Waals surface area contributed by atoms with Crippen LogP contribution in [0.2, 0.25) is 0 Å². The highest BCUT2D eigenvalue weighted by molar-refractivity contribution is 8.05. The highest BCUT2D eigenvalue weighted by Crippen LogP contribution is 2.50. The molecule has 0 aromatic heterocycles. The number of nitrogens with zero attached hydrogens (tertiary/aromatic N) is 1. The van der Waals surface area contributed by atoms with E-state index in [0.717, 1.165) is 12.0 Å². The summed E-state index contributed by atoms with van der Waals surface area (Å²) in [6, 6.07) is 13.0. The molecule has 1 heterocycles. The third-order valence-corrected chi connectivity index (χ3v) is 3.81. The topological polar surface area (TPSA) is 43.1 Å². The van der Waals surface area contributed by atoms with Gasteiger partial charge in [0.25, 0.3) is 5.69 Å². The molecule has 0 radical (unpaired) electrons. The Morgan fingerprint density at radius 2 is 1.88 bits per heavy atom. The number of benzene rings is 2. The zero-order valence-electron chi connectivity index (χ0n) is 8.92. The van der Waals surface area contributed by atoms with E-state index in [2.05, 4.69) is 18.2 Å². The minimum absolute atomic E-state index is 0.145. The highest BCUT2D eigenvalue weighted by Gasteiger charge is 2.21. The molecular weight excluding hydrogens is 234 g/mol. The lowest BCUT2D eigenvalue weighted by Gasteiger charge is -2.00. The molecule has 3 nitrogen and oxygen atoms in total. The van der Waals surface area contributed by atoms with Crippen LogP contribution in [0.1, 0.15) is 11.1 Å². The maximum atomic E-state index is 10.5. The lowest BCUT2D eigenvalue weighted by atomic mass is 10.1. The van der Waals surface area contributed by atoms with E-state index in [4.69, 9.17) is 0 Å². The van der Waals surface area contributed by atoms with Crippen molar-refractivity contribution in [2.24, 2.45) is 0 Å². The van der Waals surface area contributed by atoms with Gasteiger partial charge < -0.3 is 0 Å². The Balaban J connectivity index is 1.82. The molecule has 2 aromatic rings. The minimum Gasteiger partial charge on any atom is -0.258 e. The van der Waals surface area contributed by atoms with Crippen LogP contribution in [0.3, 0.4) is 0 Å². The van der Waals surface area contributed by atoms with Gasteiger partial charge >= 0.3 is 0 Å². The third kappa shape index (κ3) is 2.03. The Morgan fingerprint density at radius 1 is 1.12 bits per heavy atom. The van der Waals surface area contributed by atoms with Gasteiger partial charge in [0.1, 0.15) is 0 Å². The van der Waals surface area contributed by atoms with Gasteiger partial charge in [0.05, 0.1) is 4.92 Å². The molecule has 17 heavy (non-hydrogen) atoms. The molecule has 0 N–H and O–H groups in total. The van der Waals surface area contributed by atoms with Gasteiger partial charge in [-0.05, 0) is 23.6 Å². The van der Waals surface area contributed by atoms with Crippen molar-refractivity contribution in [3.8, 4) is 0 Å². The molecule has 0 atom stereocenters. The van der Waals surface area contributed by atoms with E-state index in [-0.39, 0.29) is 10.6 Å². The molecule has 0 amide bonds. The monoisotopic (exact) mass is 243 g/mol. The second kappa shape index (κ2) is 3.89. The lowest BCUT2D eigenvalue weighted by molar-refractivity contribution is -0.384. The lowest BCUT2D eigenvalue weighted by Crippen LogP contribution is -1.90. The van der Waals surface area contributed by atoms with Gasteiger partial charge in [-0.25, -0.2) is 0 Å². The van der Waals surface area contributed by atoms with Crippen LogP contribution < -0.4 is 0 Å². The number of fused-ring (bicyclic) bond motifs is 1. The first kappa shape index (κ1) is 10.4. The van der Waals surface area contributed by atoms with Crippen LogP contribution in [0.4, 0.5) is 5.69 Å². The molecule has 0 saturated heterocycles. The summed E-state index contributed by atoms with van der Waals surface area (Å²) in [5.41, 5.74) is 2.56. The van der Waals surface area contributed by atoms with E-state index in [9.17, 15) is 10.1 Å². The average Bonchev–Trinajstić information content (AvgIpc) is 3.10. The van der Waals surface area contributed by atoms with Gasteiger partial charge in [0.2, 0.25) is 0 Å². The predicted molar refractivity (Wildman–Crippen MR) is 66.5 cm³/mol. The van der Waals surface area contributed by atoms with Crippen LogP contribution in [-0.4, -0.2) is 4.92 Å². The summed E-state index contributed by atoms with van der Waals surface area (Å²) in [5, 5.41) is 10.5. The second-order valence-electron chi connectivity index (χ2n) is 3.95. The van der Waals surface area contributed by atoms with Crippen molar-refractivity contribution < 1.29 is 4.92 Å². The van der Waals surface area contributed by atoms with E-state index in [1.165, 1.54) is 15.4 Å². The first-order valence-electron chi connectivity index (χ1n) is 5.27. The van der Waals surface area contributed by atoms with E-state index < -0.39 is 0 Å². The number of hydrogen-bond donors (Lipinski definition) is 0. The molecule has 1 aliphatic heterocycles. The van der Waals surface area contributed by atoms with Crippen LogP contribution in [0, 0.1) is 10.1 Å². The van der Waals surface area contributed by atoms with Crippen LogP contribution in [-0.2, 0) is 6.42 Å². The molecule has 0 bridgehead atoms. The van der Waals surface area contributed by atoms with Crippen LogP contribution >= 0.6 is 11.8 Å². The molecule has 3 rings (SSSR count). The molecule has 4 heteroatoms. The van der Waals surface area contributed by atoms with Crippen molar-refractivity contribution >= 4 is 17.4 Å². The maximum absolute atomic E-state index is 10.5. The predicted octanol–water partition coefficient (Wildman–Crippen LogP) is 3.65. The minimum atomic E-state index is -0.371. The Bertz CT molecular complexity index is 593. The van der Waals surface area contributed by atoms with Crippen molar-refractivity contribution in [1.29, 1.82) is 0 Å². The molecule has 84 valence electrons. The van der Waals surface area contributed by atoms with Crippen molar-refractivity contribution in [2.75, 3.05) is 0 Å². The second-order valence-corrected chi connectivity index (χ2v) is 5.00. The fraction of sp³-hybridized carbons (Fsp3) is 0.0769. The average molecular weight is 243 g/mol. The van der Waals surface area contributed by atoms with Crippen LogP contribution in [0.5, 0.6) is 0 Å². The molecular formula is C13H9NO2S. The highest BCUT2D eigenvalue weighted by atomic mass is 32.2. The first-order chi connectivity index (χ1) is 8.24. The van der Waals surface area contributed by atoms with Crippen molar-refractivity contribution in [2.45, 2.75) is 16.2 Å². The molecule has 0 saturated carbocycles. The fourth-order valence-electron chi connectivity index (χ4n) is 1.84. The first-order valence-corrected chi connectivity index (χ1v) is 6.09. The summed E-state index contributed by atoms with van der Waals surface area (Å²) in [5.74, 6) is 0. The molecule has 1 aliphatic rings. The fourth-order valence-corrected chi connectivity index (χ4v) is 2.63. The number of nitro groups is 1. The van der Waals surface area contributed by atoms with E-state index in [1.54, 1.807) is 23.9 Å². The number of non-ortho nitro benzene ring substituents is 1. The van der Waals surface area contributed by atoms with Gasteiger partial charge in [-0.2, -0.15) is 0 Å². The summed E-state index contributed by atoms with van der Waals surface area (Å²) in [6.07, 6.45) is 0.841. The van der Waals surface area contributed by atoms with Crippen LogP contribution in [0.15, 0.2) is 52.3 Å². The largest absolute Gasteiger partial charge is 0.269 e. The molecule has 0 spiro atoms. The van der Waals surface area contributed by atoms with Crippen LogP contribution in [0.25, 0.3) is 0 Å². The summed E-state index contributed by atoms with van der Waals surface area (Å²) in [4.78, 5) is 12.9. The van der Waals surface area contributed by atoms with Crippen molar-refractivity contribution in [3.63, 3.8) is 0 Å². The SMILES string of the molecule is O=[N+]([O-])c1ccc(Cc2cccc3c2S3)cc1. The van der Waals surface area contributed by atoms with Gasteiger partial charge in [0.15, 0.2) is 0 Å². The summed E-state index contributed by atoms with van der Waals surface area (Å²) < 4.78 is 0. The molecule has 0 fully saturated rings. The third-order valence-electron chi connectivity index (χ3n) is 2.77. The number of rotatable bonds is 3. The van der Waals surface area contributed by atoms with Gasteiger partial charge in [-0.15, -0.1) is 0 Å². The number of nitro benzene ring substituents is 1. The normalized spacial score (nSPS) is 12.0. The van der Waals surface area contributed by atoms with Gasteiger partial charge in [0, 0.05) is 21.9 Å². The Kier molecular flexibility index (Phi) is 2.37. The zero-order chi connectivity index (χ0) is 11.8. The zero-order valence-corrected chi connectivity index (χ0v) is 9.74. The Morgan fingerprint density at radius 3 is 2.59 bits per heavy atom. The van der Waals surface area contributed by atoms with Gasteiger partial charge in [-0.1, -0.05) is 36.0 Å². The number of hydrogen-bond acceptors (Lipinski definition) is 3. The maximum Gasteiger partial charge on any atom is 0.269 e. The van der Waals surface area contributed by atoms with Crippen molar-refractivity contribution in [3.05, 3.63) is 63.7 Å². The van der Waals surface area contributed by atoms with E-state index in [1.807, 2.05) is 12.1 Å². The van der Waals surface area contributed by atoms with Crippen molar-refractivity contribution in [1.82, 2.24) is 0 Å². The quantitative estimate of drug-likeness (QED) is 0.400. The summed E-state index contributed by atoms with van der Waals surface area (Å²) in [6.45, 7) is 0. The summed E-state index contributed by atoms with van der Waals surface area (Å²) >= 11 is 1.80. The standard InChI is InChI=1S/C13H9NO2S/c15-14(16)11-6-4-9(5-7-11)8-10-2-1-3-12-13(10)17-12/h1-7H,8H2. The molecule has 0 unspecified atom stereocenters. The molecule has 2 aromatic carbocycles.